The quantitative estimate of drug-likeness (QED) is 0.818. The monoisotopic (exact) mass is 387 g/mol. The predicted octanol–water partition coefficient (Wildman–Crippen LogP) is 2.31. The second-order valence-corrected chi connectivity index (χ2v) is 6.87. The van der Waals surface area contributed by atoms with Crippen molar-refractivity contribution in [2.24, 2.45) is 0 Å². The Bertz CT molecular complexity index is 869. The maximum Gasteiger partial charge on any atom is 0.339 e. The molecule has 1 aromatic heterocycles. The van der Waals surface area contributed by atoms with Gasteiger partial charge in [-0.2, -0.15) is 5.10 Å². The molecule has 1 amide bonds. The maximum absolute atomic E-state index is 12.7. The maximum atomic E-state index is 12.7. The van der Waals surface area contributed by atoms with E-state index in [9.17, 15) is 14.7 Å². The average molecular weight is 387 g/mol. The number of rotatable bonds is 6. The van der Waals surface area contributed by atoms with Crippen molar-refractivity contribution in [3.8, 4) is 11.5 Å². The van der Waals surface area contributed by atoms with Crippen molar-refractivity contribution in [1.82, 2.24) is 14.7 Å². The third kappa shape index (κ3) is 3.95. The Balaban J connectivity index is 1.60. The van der Waals surface area contributed by atoms with Crippen LogP contribution in [-0.4, -0.2) is 59.0 Å². The number of hydrogen-bond acceptors (Lipinski definition) is 5. The molecule has 2 aromatic rings. The topological polar surface area (TPSA) is 93.9 Å². The number of carbonyl (C=O) groups is 2. The zero-order valence-electron chi connectivity index (χ0n) is 16.3. The van der Waals surface area contributed by atoms with Gasteiger partial charge in [0.25, 0.3) is 0 Å². The number of ether oxygens (including phenoxy) is 2. The molecule has 3 rings (SSSR count). The number of carboxylic acid groups (broad SMARTS) is 1. The van der Waals surface area contributed by atoms with Crippen molar-refractivity contribution in [2.75, 3.05) is 27.3 Å². The van der Waals surface area contributed by atoms with Crippen LogP contribution in [0.3, 0.4) is 0 Å². The zero-order chi connectivity index (χ0) is 20.3. The van der Waals surface area contributed by atoms with E-state index >= 15 is 0 Å². The van der Waals surface area contributed by atoms with Crippen LogP contribution in [0.4, 0.5) is 0 Å². The number of nitrogens with zero attached hydrogens (tertiary/aromatic N) is 3. The van der Waals surface area contributed by atoms with E-state index in [1.54, 1.807) is 31.9 Å². The first-order valence-corrected chi connectivity index (χ1v) is 9.20. The molecule has 0 saturated carbocycles. The van der Waals surface area contributed by atoms with Crippen LogP contribution in [0, 0.1) is 6.92 Å². The summed E-state index contributed by atoms with van der Waals surface area (Å²) < 4.78 is 12.3. The summed E-state index contributed by atoms with van der Waals surface area (Å²) in [4.78, 5) is 25.7. The van der Waals surface area contributed by atoms with Gasteiger partial charge < -0.3 is 19.5 Å². The van der Waals surface area contributed by atoms with Gasteiger partial charge in [-0.1, -0.05) is 6.07 Å². The highest BCUT2D eigenvalue weighted by Gasteiger charge is 2.26. The smallest absolute Gasteiger partial charge is 0.339 e. The van der Waals surface area contributed by atoms with Gasteiger partial charge in [0, 0.05) is 13.1 Å². The van der Waals surface area contributed by atoms with Crippen molar-refractivity contribution in [2.45, 2.75) is 32.2 Å². The lowest BCUT2D eigenvalue weighted by Gasteiger charge is -2.32. The molecule has 8 nitrogen and oxygen atoms in total. The molecule has 1 aliphatic rings. The largest absolute Gasteiger partial charge is 0.493 e. The van der Waals surface area contributed by atoms with Gasteiger partial charge in [0.05, 0.1) is 38.6 Å². The molecule has 0 spiro atoms. The molecule has 0 atom stereocenters. The Morgan fingerprint density at radius 3 is 2.43 bits per heavy atom. The van der Waals surface area contributed by atoms with E-state index in [1.165, 1.54) is 6.20 Å². The van der Waals surface area contributed by atoms with E-state index in [1.807, 2.05) is 17.0 Å². The molecule has 1 fully saturated rings. The van der Waals surface area contributed by atoms with Gasteiger partial charge in [0.1, 0.15) is 5.56 Å². The fourth-order valence-corrected chi connectivity index (χ4v) is 3.64. The second-order valence-electron chi connectivity index (χ2n) is 6.87. The summed E-state index contributed by atoms with van der Waals surface area (Å²) >= 11 is 0. The van der Waals surface area contributed by atoms with Crippen LogP contribution in [-0.2, 0) is 11.2 Å². The number of carboxylic acids is 1. The summed E-state index contributed by atoms with van der Waals surface area (Å²) in [6.45, 7) is 3.02. The van der Waals surface area contributed by atoms with Gasteiger partial charge in [-0.3, -0.25) is 9.48 Å². The number of methoxy groups -OCH3 is 2. The molecule has 0 unspecified atom stereocenters. The molecular weight excluding hydrogens is 362 g/mol. The molecule has 0 radical (unpaired) electrons. The molecule has 0 aliphatic carbocycles. The number of amides is 1. The summed E-state index contributed by atoms with van der Waals surface area (Å²) in [5.74, 6) is 0.338. The molecule has 1 aliphatic heterocycles. The van der Waals surface area contributed by atoms with Gasteiger partial charge in [-0.15, -0.1) is 0 Å². The van der Waals surface area contributed by atoms with Crippen molar-refractivity contribution < 1.29 is 24.2 Å². The van der Waals surface area contributed by atoms with Gasteiger partial charge in [0.2, 0.25) is 5.91 Å². The lowest BCUT2D eigenvalue weighted by molar-refractivity contribution is -0.131. The highest BCUT2D eigenvalue weighted by Crippen LogP contribution is 2.29. The fraction of sp³-hybridized carbons (Fsp3) is 0.450. The van der Waals surface area contributed by atoms with E-state index in [2.05, 4.69) is 5.10 Å². The second kappa shape index (κ2) is 8.33. The Labute approximate surface area is 163 Å². The molecule has 1 saturated heterocycles. The predicted molar refractivity (Wildman–Crippen MR) is 102 cm³/mol. The highest BCUT2D eigenvalue weighted by atomic mass is 16.5. The number of hydrogen-bond donors (Lipinski definition) is 1. The molecule has 2 heterocycles. The number of likely N-dealkylation sites (tertiary alicyclic amines) is 1. The third-order valence-electron chi connectivity index (χ3n) is 5.24. The molecule has 0 bridgehead atoms. The summed E-state index contributed by atoms with van der Waals surface area (Å²) in [7, 11) is 3.15. The minimum Gasteiger partial charge on any atom is -0.493 e. The van der Waals surface area contributed by atoms with Crippen LogP contribution in [0.2, 0.25) is 0 Å². The minimum atomic E-state index is -0.966. The number of piperidine rings is 1. The third-order valence-corrected chi connectivity index (χ3v) is 5.24. The molecule has 1 aromatic carbocycles. The molecule has 150 valence electrons. The van der Waals surface area contributed by atoms with E-state index in [4.69, 9.17) is 9.47 Å². The zero-order valence-corrected chi connectivity index (χ0v) is 16.3. The lowest BCUT2D eigenvalue weighted by Crippen LogP contribution is -2.40. The van der Waals surface area contributed by atoms with Crippen LogP contribution in [0.25, 0.3) is 0 Å². The first-order chi connectivity index (χ1) is 13.4. The SMILES string of the molecule is COc1ccc(CC(=O)N2CCC(n3ncc(C(=O)O)c3C)CC2)cc1OC. The summed E-state index contributed by atoms with van der Waals surface area (Å²) in [6.07, 6.45) is 3.19. The van der Waals surface area contributed by atoms with Gasteiger partial charge >= 0.3 is 5.97 Å². The van der Waals surface area contributed by atoms with E-state index in [-0.39, 0.29) is 17.5 Å². The minimum absolute atomic E-state index is 0.0640. The number of aromatic nitrogens is 2. The van der Waals surface area contributed by atoms with Crippen molar-refractivity contribution in [3.05, 3.63) is 41.2 Å². The summed E-state index contributed by atoms with van der Waals surface area (Å²) in [5, 5.41) is 13.4. The Morgan fingerprint density at radius 1 is 1.18 bits per heavy atom. The van der Waals surface area contributed by atoms with Crippen molar-refractivity contribution in [3.63, 3.8) is 0 Å². The fourth-order valence-electron chi connectivity index (χ4n) is 3.64. The Hall–Kier alpha value is -3.03. The number of carbonyl (C=O) groups excluding carboxylic acids is 1. The number of benzene rings is 1. The highest BCUT2D eigenvalue weighted by molar-refractivity contribution is 5.88. The first kappa shape index (κ1) is 19.7. The normalized spacial score (nSPS) is 14.8. The summed E-state index contributed by atoms with van der Waals surface area (Å²) in [5.41, 5.74) is 1.76. The van der Waals surface area contributed by atoms with Gasteiger partial charge in [-0.05, 0) is 37.5 Å². The standard InChI is InChI=1S/C20H25N3O5/c1-13-16(20(25)26)12-21-23(13)15-6-8-22(9-7-15)19(24)11-14-4-5-17(27-2)18(10-14)28-3/h4-5,10,12,15H,6-9,11H2,1-3H3,(H,25,26). The van der Waals surface area contributed by atoms with Gasteiger partial charge in [-0.25, -0.2) is 4.79 Å². The van der Waals surface area contributed by atoms with E-state index < -0.39 is 5.97 Å². The van der Waals surface area contributed by atoms with E-state index in [0.29, 0.717) is 36.7 Å². The van der Waals surface area contributed by atoms with Crippen molar-refractivity contribution in [1.29, 1.82) is 0 Å². The first-order valence-electron chi connectivity index (χ1n) is 9.20. The molecule has 8 heteroatoms. The Kier molecular flexibility index (Phi) is 5.87. The van der Waals surface area contributed by atoms with E-state index in [0.717, 1.165) is 18.4 Å². The van der Waals surface area contributed by atoms with Crippen LogP contribution >= 0.6 is 0 Å². The average Bonchev–Trinajstić information content (AvgIpc) is 3.09. The van der Waals surface area contributed by atoms with Crippen LogP contribution in [0.1, 0.15) is 40.5 Å². The lowest BCUT2D eigenvalue weighted by atomic mass is 10.0. The van der Waals surface area contributed by atoms with Crippen molar-refractivity contribution >= 4 is 11.9 Å². The number of aromatic carboxylic acids is 1. The summed E-state index contributed by atoms with van der Waals surface area (Å²) in [6, 6.07) is 5.60. The molecule has 1 N–H and O–H groups in total. The van der Waals surface area contributed by atoms with Gasteiger partial charge in [0.15, 0.2) is 11.5 Å². The van der Waals surface area contributed by atoms with Crippen LogP contribution in [0.15, 0.2) is 24.4 Å². The Morgan fingerprint density at radius 2 is 1.86 bits per heavy atom. The molecular formula is C20H25N3O5. The van der Waals surface area contributed by atoms with Crippen LogP contribution in [0.5, 0.6) is 11.5 Å². The molecule has 28 heavy (non-hydrogen) atoms. The van der Waals surface area contributed by atoms with Crippen LogP contribution < -0.4 is 9.47 Å².